The van der Waals surface area contributed by atoms with Crippen molar-refractivity contribution in [3.05, 3.63) is 152 Å². The summed E-state index contributed by atoms with van der Waals surface area (Å²) >= 11 is 0. The molecule has 0 N–H and O–H groups in total. The van der Waals surface area contributed by atoms with Crippen LogP contribution in [-0.2, 0) is 0 Å². The number of fused-ring (bicyclic) bond motifs is 6. The molecule has 44 heavy (non-hydrogen) atoms. The minimum Gasteiger partial charge on any atom is -0.466 e. The van der Waals surface area contributed by atoms with E-state index < -0.39 is 0 Å². The minimum atomic E-state index is -0.145. The van der Waals surface area contributed by atoms with E-state index in [0.29, 0.717) is 0 Å². The smallest absolute Gasteiger partial charge is 0.376 e. The third-order valence-electron chi connectivity index (χ3n) is 9.36. The zero-order valence-electron chi connectivity index (χ0n) is 23.8. The Labute approximate surface area is 255 Å². The van der Waals surface area contributed by atoms with E-state index in [1.165, 1.54) is 55.6 Å². The molecule has 0 spiro atoms. The lowest BCUT2D eigenvalue weighted by Crippen LogP contribution is -2.56. The molecule has 0 saturated carbocycles. The summed E-state index contributed by atoms with van der Waals surface area (Å²) in [6, 6.07) is 54.4. The molecule has 2 aliphatic heterocycles. The van der Waals surface area contributed by atoms with Gasteiger partial charge in [0, 0.05) is 44.5 Å². The maximum Gasteiger partial charge on any atom is 0.376 e. The van der Waals surface area contributed by atoms with Crippen molar-refractivity contribution in [1.82, 2.24) is 4.48 Å². The molecule has 4 heteroatoms. The summed E-state index contributed by atoms with van der Waals surface area (Å²) in [5, 5.41) is 2.38. The Morgan fingerprint density at radius 1 is 0.523 bits per heavy atom. The number of nitrogens with zero attached hydrogens (tertiary/aromatic N) is 2. The van der Waals surface area contributed by atoms with Crippen LogP contribution in [0.1, 0.15) is 0 Å². The van der Waals surface area contributed by atoms with Gasteiger partial charge in [0.2, 0.25) is 0 Å². The lowest BCUT2D eigenvalue weighted by Gasteiger charge is -2.38. The molecule has 0 unspecified atom stereocenters. The molecule has 2 aliphatic rings. The third kappa shape index (κ3) is 3.07. The van der Waals surface area contributed by atoms with Crippen LogP contribution in [0.15, 0.2) is 156 Å². The molecular formula is C40H25BN2O. The number of anilines is 3. The molecule has 0 aliphatic carbocycles. The molecule has 0 saturated heterocycles. The summed E-state index contributed by atoms with van der Waals surface area (Å²) in [5.74, 6) is 0. The van der Waals surface area contributed by atoms with Gasteiger partial charge in [-0.15, -0.1) is 0 Å². The predicted octanol–water partition coefficient (Wildman–Crippen LogP) is 9.14. The summed E-state index contributed by atoms with van der Waals surface area (Å²) in [7, 11) is 0. The molecule has 0 amide bonds. The van der Waals surface area contributed by atoms with Crippen molar-refractivity contribution in [2.45, 2.75) is 0 Å². The van der Waals surface area contributed by atoms with Crippen LogP contribution in [0.5, 0.6) is 0 Å². The van der Waals surface area contributed by atoms with Gasteiger partial charge in [0.05, 0.1) is 5.69 Å². The van der Waals surface area contributed by atoms with Crippen LogP contribution in [-0.4, -0.2) is 11.3 Å². The lowest BCUT2D eigenvalue weighted by atomic mass is 9.47. The Hall–Kier alpha value is -5.74. The van der Waals surface area contributed by atoms with Crippen LogP contribution in [0.2, 0.25) is 0 Å². The van der Waals surface area contributed by atoms with Crippen molar-refractivity contribution in [3.63, 3.8) is 0 Å². The topological polar surface area (TPSA) is 21.3 Å². The van der Waals surface area contributed by atoms with Gasteiger partial charge < -0.3 is 13.8 Å². The van der Waals surface area contributed by atoms with Gasteiger partial charge >= 0.3 is 6.85 Å². The second-order valence-corrected chi connectivity index (χ2v) is 11.7. The van der Waals surface area contributed by atoms with E-state index in [0.717, 1.165) is 28.0 Å². The van der Waals surface area contributed by atoms with Gasteiger partial charge in [-0.2, -0.15) is 0 Å². The highest BCUT2D eigenvalue weighted by molar-refractivity contribution is 6.89. The van der Waals surface area contributed by atoms with Gasteiger partial charge in [0.25, 0.3) is 0 Å². The molecular weight excluding hydrogens is 535 g/mol. The summed E-state index contributed by atoms with van der Waals surface area (Å²) in [6.45, 7) is -0.145. The fraction of sp³-hybridized carbons (Fsp3) is 0. The highest BCUT2D eigenvalue weighted by atomic mass is 16.3. The predicted molar refractivity (Wildman–Crippen MR) is 183 cm³/mol. The summed E-state index contributed by atoms with van der Waals surface area (Å²) < 4.78 is 9.56. The van der Waals surface area contributed by atoms with E-state index in [4.69, 9.17) is 4.42 Å². The Balaban J connectivity index is 1.42. The molecule has 0 radical (unpaired) electrons. The van der Waals surface area contributed by atoms with Crippen molar-refractivity contribution in [1.29, 1.82) is 0 Å². The van der Waals surface area contributed by atoms with Crippen molar-refractivity contribution >= 4 is 56.9 Å². The molecule has 4 heterocycles. The van der Waals surface area contributed by atoms with Gasteiger partial charge in [-0.25, -0.2) is 0 Å². The Kier molecular flexibility index (Phi) is 4.80. The van der Waals surface area contributed by atoms with Crippen LogP contribution in [0.3, 0.4) is 0 Å². The van der Waals surface area contributed by atoms with E-state index in [9.17, 15) is 0 Å². The molecule has 0 bridgehead atoms. The number of para-hydroxylation sites is 3. The molecule has 6 aromatic carbocycles. The second kappa shape index (κ2) is 8.89. The number of hydrogen-bond donors (Lipinski definition) is 0. The number of hydrogen-bond acceptors (Lipinski definition) is 2. The second-order valence-electron chi connectivity index (χ2n) is 11.7. The summed E-state index contributed by atoms with van der Waals surface area (Å²) in [5.41, 5.74) is 15.2. The van der Waals surface area contributed by atoms with Gasteiger partial charge in [-0.1, -0.05) is 121 Å². The highest BCUT2D eigenvalue weighted by Gasteiger charge is 2.46. The highest BCUT2D eigenvalue weighted by Crippen LogP contribution is 2.50. The zero-order chi connectivity index (χ0) is 28.8. The maximum atomic E-state index is 6.98. The Bertz CT molecular complexity index is 2390. The molecule has 8 aromatic rings. The summed E-state index contributed by atoms with van der Waals surface area (Å²) in [4.78, 5) is 2.41. The first-order chi connectivity index (χ1) is 21.9. The largest absolute Gasteiger partial charge is 0.466 e. The van der Waals surface area contributed by atoms with E-state index in [2.05, 4.69) is 161 Å². The first-order valence-electron chi connectivity index (χ1n) is 15.2. The van der Waals surface area contributed by atoms with E-state index >= 15 is 0 Å². The number of aromatic nitrogens is 1. The molecule has 0 atom stereocenters. The Morgan fingerprint density at radius 3 is 1.95 bits per heavy atom. The number of furan rings is 1. The van der Waals surface area contributed by atoms with Crippen LogP contribution >= 0.6 is 0 Å². The first kappa shape index (κ1) is 23.8. The first-order valence-corrected chi connectivity index (χ1v) is 15.2. The zero-order valence-corrected chi connectivity index (χ0v) is 23.8. The molecule has 0 fully saturated rings. The average Bonchev–Trinajstić information content (AvgIpc) is 3.65. The molecule has 10 rings (SSSR count). The van der Waals surface area contributed by atoms with Gasteiger partial charge in [0.15, 0.2) is 0 Å². The van der Waals surface area contributed by atoms with Crippen LogP contribution < -0.4 is 16.0 Å². The van der Waals surface area contributed by atoms with Crippen molar-refractivity contribution in [2.75, 3.05) is 4.90 Å². The summed E-state index contributed by atoms with van der Waals surface area (Å²) in [6.07, 6.45) is 0. The standard InChI is InChI=1S/C40H25BN2O/c1-4-14-26(15-5-1)35-32-23-12-22-30-29-21-13-24-33-36(29)41(43(38(30)32)37(35)27-16-6-2-7-17-27)40-39(31-20-10-11-25-34(31)44-40)42(33)28-18-8-3-9-19-28/h1-25H. The van der Waals surface area contributed by atoms with E-state index in [1.54, 1.807) is 0 Å². The number of benzene rings is 6. The van der Waals surface area contributed by atoms with E-state index in [-0.39, 0.29) is 6.85 Å². The average molecular weight is 560 g/mol. The van der Waals surface area contributed by atoms with Crippen molar-refractivity contribution < 1.29 is 4.42 Å². The van der Waals surface area contributed by atoms with Crippen LogP contribution in [0, 0.1) is 0 Å². The Morgan fingerprint density at radius 2 is 1.16 bits per heavy atom. The molecule has 2 aromatic heterocycles. The van der Waals surface area contributed by atoms with Crippen LogP contribution in [0.25, 0.3) is 55.4 Å². The monoisotopic (exact) mass is 560 g/mol. The van der Waals surface area contributed by atoms with E-state index in [1.807, 2.05) is 0 Å². The third-order valence-corrected chi connectivity index (χ3v) is 9.36. The minimum absolute atomic E-state index is 0.145. The fourth-order valence-electron chi connectivity index (χ4n) is 7.70. The van der Waals surface area contributed by atoms with Gasteiger partial charge in [0.1, 0.15) is 11.2 Å². The fourth-order valence-corrected chi connectivity index (χ4v) is 7.70. The van der Waals surface area contributed by atoms with Crippen molar-refractivity contribution in [2.24, 2.45) is 0 Å². The number of rotatable bonds is 3. The van der Waals surface area contributed by atoms with Crippen molar-refractivity contribution in [3.8, 4) is 33.5 Å². The molecule has 3 nitrogen and oxygen atoms in total. The molecule has 204 valence electrons. The quantitative estimate of drug-likeness (QED) is 0.201. The van der Waals surface area contributed by atoms with Gasteiger partial charge in [-0.05, 0) is 52.5 Å². The SMILES string of the molecule is c1ccc(-c2c(-c3ccccc3)n3c4c(cccc24)-c2cccc4c2B3c2oc3ccccc3c2N4c2ccccc2)cc1. The lowest BCUT2D eigenvalue weighted by molar-refractivity contribution is 0.649. The normalized spacial score (nSPS) is 12.9. The van der Waals surface area contributed by atoms with Crippen LogP contribution in [0.4, 0.5) is 17.1 Å². The van der Waals surface area contributed by atoms with Gasteiger partial charge in [-0.3, -0.25) is 0 Å². The maximum absolute atomic E-state index is 6.98.